The fourth-order valence-electron chi connectivity index (χ4n) is 1.47. The maximum Gasteiger partial charge on any atom is 0.293 e. The predicted molar refractivity (Wildman–Crippen MR) is 87.0 cm³/mol. The van der Waals surface area contributed by atoms with Gasteiger partial charge in [-0.1, -0.05) is 23.7 Å². The van der Waals surface area contributed by atoms with Crippen LogP contribution in [0.5, 0.6) is 5.75 Å². The molecule has 23 heavy (non-hydrogen) atoms. The summed E-state index contributed by atoms with van der Waals surface area (Å²) in [5.74, 6) is -0.547. The highest BCUT2D eigenvalue weighted by Crippen LogP contribution is 2.22. The number of benzene rings is 1. The molecule has 1 aromatic heterocycles. The average molecular weight is 354 g/mol. The number of carbonyl (C=O) groups excluding carboxylic acids is 2. The lowest BCUT2D eigenvalue weighted by atomic mass is 10.3. The summed E-state index contributed by atoms with van der Waals surface area (Å²) in [6.07, 6.45) is 1.36. The van der Waals surface area contributed by atoms with Crippen LogP contribution in [-0.2, 0) is 4.79 Å². The number of carbonyl (C=O) groups is 2. The van der Waals surface area contributed by atoms with Crippen LogP contribution < -0.4 is 20.9 Å². The molecule has 2 amide bonds. The van der Waals surface area contributed by atoms with E-state index in [-0.39, 0.29) is 17.5 Å². The molecule has 2 rings (SSSR count). The fourth-order valence-corrected chi connectivity index (χ4v) is 1.81. The van der Waals surface area contributed by atoms with E-state index >= 15 is 0 Å². The van der Waals surface area contributed by atoms with Crippen molar-refractivity contribution in [1.82, 2.24) is 16.2 Å². The lowest BCUT2D eigenvalue weighted by Crippen LogP contribution is -2.49. The summed E-state index contributed by atoms with van der Waals surface area (Å²) in [5.41, 5.74) is 4.65. The van der Waals surface area contributed by atoms with Gasteiger partial charge in [0, 0.05) is 0 Å². The van der Waals surface area contributed by atoms with Crippen molar-refractivity contribution in [2.75, 3.05) is 6.61 Å². The van der Waals surface area contributed by atoms with Crippen LogP contribution in [0.1, 0.15) is 10.6 Å². The summed E-state index contributed by atoms with van der Waals surface area (Å²) >= 11 is 10.8. The summed E-state index contributed by atoms with van der Waals surface area (Å²) in [5, 5.41) is 2.64. The molecule has 0 fully saturated rings. The van der Waals surface area contributed by atoms with Gasteiger partial charge in [0.2, 0.25) is 0 Å². The lowest BCUT2D eigenvalue weighted by molar-refractivity contribution is -0.123. The van der Waals surface area contributed by atoms with Crippen LogP contribution >= 0.6 is 23.8 Å². The second-order valence-electron chi connectivity index (χ2n) is 4.15. The minimum atomic E-state index is -0.533. The van der Waals surface area contributed by atoms with Gasteiger partial charge < -0.3 is 9.15 Å². The Hall–Kier alpha value is -2.58. The van der Waals surface area contributed by atoms with Gasteiger partial charge in [-0.25, -0.2) is 0 Å². The van der Waals surface area contributed by atoms with Crippen molar-refractivity contribution in [3.63, 3.8) is 0 Å². The molecule has 3 N–H and O–H groups in total. The Labute approximate surface area is 141 Å². The van der Waals surface area contributed by atoms with E-state index in [1.807, 2.05) is 0 Å². The molecule has 0 bridgehead atoms. The Kier molecular flexibility index (Phi) is 5.95. The van der Waals surface area contributed by atoms with Gasteiger partial charge in [-0.2, -0.15) is 0 Å². The zero-order valence-electron chi connectivity index (χ0n) is 11.7. The maximum atomic E-state index is 11.6. The zero-order chi connectivity index (χ0) is 16.7. The monoisotopic (exact) mass is 353 g/mol. The van der Waals surface area contributed by atoms with Crippen molar-refractivity contribution >= 4 is 40.7 Å². The molecule has 0 aliphatic heterocycles. The Bertz CT molecular complexity index is 706. The number of nitrogens with one attached hydrogen (secondary N) is 3. The molecule has 0 aliphatic carbocycles. The van der Waals surface area contributed by atoms with Gasteiger partial charge in [0.15, 0.2) is 17.5 Å². The SMILES string of the molecule is O=C(COc1ccccc1Cl)NNC(=S)NC(=O)c1ccco1. The van der Waals surface area contributed by atoms with E-state index in [9.17, 15) is 9.59 Å². The van der Waals surface area contributed by atoms with Crippen molar-refractivity contribution in [2.45, 2.75) is 0 Å². The highest BCUT2D eigenvalue weighted by molar-refractivity contribution is 7.80. The van der Waals surface area contributed by atoms with Gasteiger partial charge in [-0.3, -0.25) is 25.8 Å². The number of thiocarbonyl (C=S) groups is 1. The van der Waals surface area contributed by atoms with Gasteiger partial charge in [0.25, 0.3) is 11.8 Å². The predicted octanol–water partition coefficient (Wildman–Crippen LogP) is 1.65. The molecule has 0 saturated carbocycles. The molecule has 0 aliphatic rings. The van der Waals surface area contributed by atoms with Crippen molar-refractivity contribution in [3.05, 3.63) is 53.4 Å². The van der Waals surface area contributed by atoms with Gasteiger partial charge in [-0.15, -0.1) is 0 Å². The molecule has 0 saturated heterocycles. The number of para-hydroxylation sites is 1. The fraction of sp³-hybridized carbons (Fsp3) is 0.0714. The molecule has 0 spiro atoms. The third-order valence-electron chi connectivity index (χ3n) is 2.48. The third-order valence-corrected chi connectivity index (χ3v) is 3.00. The van der Waals surface area contributed by atoms with E-state index in [1.54, 1.807) is 30.3 Å². The summed E-state index contributed by atoms with van der Waals surface area (Å²) in [6, 6.07) is 9.81. The Morgan fingerprint density at radius 1 is 1.17 bits per heavy atom. The maximum absolute atomic E-state index is 11.6. The molecule has 7 nitrogen and oxygen atoms in total. The van der Waals surface area contributed by atoms with Crippen molar-refractivity contribution in [2.24, 2.45) is 0 Å². The van der Waals surface area contributed by atoms with Gasteiger partial charge in [0.05, 0.1) is 11.3 Å². The van der Waals surface area contributed by atoms with E-state index < -0.39 is 11.8 Å². The minimum Gasteiger partial charge on any atom is -0.482 e. The lowest BCUT2D eigenvalue weighted by Gasteiger charge is -2.11. The number of amides is 2. The molecule has 120 valence electrons. The molecule has 2 aromatic rings. The summed E-state index contributed by atoms with van der Waals surface area (Å²) in [6.45, 7) is -0.272. The van der Waals surface area contributed by atoms with E-state index in [1.165, 1.54) is 12.3 Å². The normalized spacial score (nSPS) is 9.78. The van der Waals surface area contributed by atoms with Crippen molar-refractivity contribution in [1.29, 1.82) is 0 Å². The number of rotatable bonds is 4. The first-order valence-electron chi connectivity index (χ1n) is 6.37. The Morgan fingerprint density at radius 2 is 1.96 bits per heavy atom. The summed E-state index contributed by atoms with van der Waals surface area (Å²) in [4.78, 5) is 23.2. The largest absolute Gasteiger partial charge is 0.482 e. The summed E-state index contributed by atoms with van der Waals surface area (Å²) < 4.78 is 10.1. The number of ether oxygens (including phenoxy) is 1. The van der Waals surface area contributed by atoms with E-state index in [4.69, 9.17) is 33.0 Å². The average Bonchev–Trinajstić information content (AvgIpc) is 3.06. The molecular formula is C14H12ClN3O4S. The van der Waals surface area contributed by atoms with Crippen LogP contribution in [0, 0.1) is 0 Å². The van der Waals surface area contributed by atoms with E-state index in [0.29, 0.717) is 10.8 Å². The Balaban J connectivity index is 1.71. The van der Waals surface area contributed by atoms with Crippen LogP contribution in [0.25, 0.3) is 0 Å². The number of hydrogen-bond acceptors (Lipinski definition) is 5. The molecular weight excluding hydrogens is 342 g/mol. The quantitative estimate of drug-likeness (QED) is 0.571. The summed E-state index contributed by atoms with van der Waals surface area (Å²) in [7, 11) is 0. The molecule has 0 atom stereocenters. The standard InChI is InChI=1S/C14H12ClN3O4S/c15-9-4-1-2-5-10(9)22-8-12(19)17-18-14(23)16-13(20)11-6-3-7-21-11/h1-7H,8H2,(H,17,19)(H2,16,18,20,23). The van der Waals surface area contributed by atoms with Gasteiger partial charge in [0.1, 0.15) is 5.75 Å². The smallest absolute Gasteiger partial charge is 0.293 e. The molecule has 0 unspecified atom stereocenters. The number of hydrazine groups is 1. The Morgan fingerprint density at radius 3 is 2.65 bits per heavy atom. The highest BCUT2D eigenvalue weighted by Gasteiger charge is 2.11. The molecule has 0 radical (unpaired) electrons. The van der Waals surface area contributed by atoms with Crippen LogP contribution in [0.4, 0.5) is 0 Å². The topological polar surface area (TPSA) is 92.6 Å². The first-order valence-corrected chi connectivity index (χ1v) is 7.16. The molecule has 1 aromatic carbocycles. The molecule has 1 heterocycles. The first kappa shape index (κ1) is 16.8. The number of hydrogen-bond donors (Lipinski definition) is 3. The number of furan rings is 1. The van der Waals surface area contributed by atoms with Crippen molar-refractivity contribution < 1.29 is 18.7 Å². The van der Waals surface area contributed by atoms with Gasteiger partial charge in [-0.05, 0) is 36.5 Å². The number of halogens is 1. The first-order chi connectivity index (χ1) is 11.1. The van der Waals surface area contributed by atoms with Crippen LogP contribution in [-0.4, -0.2) is 23.5 Å². The second-order valence-corrected chi connectivity index (χ2v) is 4.97. The highest BCUT2D eigenvalue weighted by atomic mass is 35.5. The minimum absolute atomic E-state index is 0.0857. The van der Waals surface area contributed by atoms with Crippen molar-refractivity contribution in [3.8, 4) is 5.75 Å². The van der Waals surface area contributed by atoms with Crippen LogP contribution in [0.15, 0.2) is 47.1 Å². The van der Waals surface area contributed by atoms with Crippen LogP contribution in [0.2, 0.25) is 5.02 Å². The van der Waals surface area contributed by atoms with Crippen LogP contribution in [0.3, 0.4) is 0 Å². The third kappa shape index (κ3) is 5.28. The molecule has 9 heteroatoms. The zero-order valence-corrected chi connectivity index (χ0v) is 13.2. The van der Waals surface area contributed by atoms with E-state index in [2.05, 4.69) is 16.2 Å². The second kappa shape index (κ2) is 8.16. The van der Waals surface area contributed by atoms with Gasteiger partial charge >= 0.3 is 0 Å². The van der Waals surface area contributed by atoms with E-state index in [0.717, 1.165) is 0 Å².